The lowest BCUT2D eigenvalue weighted by molar-refractivity contribution is 0.00189. The van der Waals surface area contributed by atoms with Gasteiger partial charge in [-0.3, -0.25) is 4.57 Å². The lowest BCUT2D eigenvalue weighted by atomic mass is 10.1. The van der Waals surface area contributed by atoms with Crippen LogP contribution in [0.2, 0.25) is 0 Å². The molecule has 2 rings (SSSR count). The highest BCUT2D eigenvalue weighted by molar-refractivity contribution is 5.23. The second-order valence-corrected chi connectivity index (χ2v) is 3.65. The number of hydrogen-bond donors (Lipinski definition) is 3. The van der Waals surface area contributed by atoms with Gasteiger partial charge in [-0.15, -0.1) is 0 Å². The van der Waals surface area contributed by atoms with Gasteiger partial charge in [0.2, 0.25) is 0 Å². The van der Waals surface area contributed by atoms with E-state index >= 15 is 0 Å². The Kier molecular flexibility index (Phi) is 2.90. The van der Waals surface area contributed by atoms with E-state index in [1.54, 1.807) is 0 Å². The van der Waals surface area contributed by atoms with E-state index in [2.05, 4.69) is 4.98 Å². The molecule has 0 aromatic carbocycles. The fourth-order valence-corrected chi connectivity index (χ4v) is 1.75. The highest BCUT2D eigenvalue weighted by atomic mass is 16.5. The van der Waals surface area contributed by atoms with E-state index in [1.807, 2.05) is 0 Å². The van der Waals surface area contributed by atoms with Gasteiger partial charge < -0.3 is 20.7 Å². The van der Waals surface area contributed by atoms with Crippen LogP contribution in [-0.2, 0) is 4.74 Å². The zero-order valence-corrected chi connectivity index (χ0v) is 8.48. The van der Waals surface area contributed by atoms with Crippen LogP contribution >= 0.6 is 0 Å². The Bertz CT molecular complexity index is 433. The van der Waals surface area contributed by atoms with E-state index in [1.165, 1.54) is 16.8 Å². The monoisotopic (exact) mass is 227 g/mol. The van der Waals surface area contributed by atoms with Gasteiger partial charge in [-0.1, -0.05) is 0 Å². The topological polar surface area (TPSA) is 111 Å². The summed E-state index contributed by atoms with van der Waals surface area (Å²) in [4.78, 5) is 15.1. The standard InChI is InChI=1S/C9H13N3O4/c10-7-1-2-12(9(15)11-7)5-4-16-6(3-13)8(5)14/h1-2,5-6,8,13-14H,3-4H2,(H2,10,11,15)/t5?,6-,8+/m1/s1. The minimum Gasteiger partial charge on any atom is -0.394 e. The molecule has 4 N–H and O–H groups in total. The fraction of sp³-hybridized carbons (Fsp3) is 0.556. The molecule has 7 nitrogen and oxygen atoms in total. The zero-order chi connectivity index (χ0) is 11.7. The lowest BCUT2D eigenvalue weighted by Crippen LogP contribution is -2.36. The van der Waals surface area contributed by atoms with Crippen LogP contribution in [0.4, 0.5) is 5.82 Å². The molecule has 3 atom stereocenters. The molecule has 0 saturated carbocycles. The summed E-state index contributed by atoms with van der Waals surface area (Å²) in [7, 11) is 0. The van der Waals surface area contributed by atoms with Gasteiger partial charge in [0, 0.05) is 6.20 Å². The van der Waals surface area contributed by atoms with Gasteiger partial charge in [-0.05, 0) is 6.07 Å². The van der Waals surface area contributed by atoms with E-state index in [0.29, 0.717) is 0 Å². The molecule has 1 fully saturated rings. The summed E-state index contributed by atoms with van der Waals surface area (Å²) < 4.78 is 6.41. The Labute approximate surface area is 91.1 Å². The molecular formula is C9H13N3O4. The van der Waals surface area contributed by atoms with E-state index in [9.17, 15) is 9.90 Å². The number of hydrogen-bond acceptors (Lipinski definition) is 6. The van der Waals surface area contributed by atoms with Gasteiger partial charge >= 0.3 is 5.69 Å². The van der Waals surface area contributed by atoms with Crippen LogP contribution in [0, 0.1) is 0 Å². The molecule has 1 aromatic heterocycles. The van der Waals surface area contributed by atoms with Crippen molar-refractivity contribution in [2.75, 3.05) is 18.9 Å². The SMILES string of the molecule is Nc1ccn(C2CO[C@H](CO)[C@H]2O)c(=O)n1. The molecule has 2 heterocycles. The maximum atomic E-state index is 11.5. The van der Waals surface area contributed by atoms with E-state index < -0.39 is 23.9 Å². The predicted molar refractivity (Wildman–Crippen MR) is 54.8 cm³/mol. The summed E-state index contributed by atoms with van der Waals surface area (Å²) in [5.41, 5.74) is 4.82. The molecule has 88 valence electrons. The third-order valence-corrected chi connectivity index (χ3v) is 2.64. The van der Waals surface area contributed by atoms with Crippen LogP contribution in [0.25, 0.3) is 0 Å². The number of ether oxygens (including phenoxy) is 1. The van der Waals surface area contributed by atoms with Crippen molar-refractivity contribution in [1.82, 2.24) is 9.55 Å². The number of nitrogen functional groups attached to an aromatic ring is 1. The van der Waals surface area contributed by atoms with Gasteiger partial charge in [0.15, 0.2) is 0 Å². The van der Waals surface area contributed by atoms with Crippen molar-refractivity contribution in [3.05, 3.63) is 22.7 Å². The number of rotatable bonds is 2. The first-order chi connectivity index (χ1) is 7.63. The zero-order valence-electron chi connectivity index (χ0n) is 8.48. The largest absolute Gasteiger partial charge is 0.394 e. The Morgan fingerprint density at radius 2 is 2.44 bits per heavy atom. The summed E-state index contributed by atoms with van der Waals surface area (Å²) in [6.07, 6.45) is -0.121. The molecule has 0 spiro atoms. The van der Waals surface area contributed by atoms with Crippen molar-refractivity contribution in [3.8, 4) is 0 Å². The Morgan fingerprint density at radius 3 is 3.00 bits per heavy atom. The number of nitrogens with zero attached hydrogens (tertiary/aromatic N) is 2. The number of aliphatic hydroxyl groups excluding tert-OH is 2. The minimum atomic E-state index is -0.923. The van der Waals surface area contributed by atoms with Crippen LogP contribution in [0.1, 0.15) is 6.04 Å². The van der Waals surface area contributed by atoms with Gasteiger partial charge in [0.05, 0.1) is 19.3 Å². The molecule has 1 unspecified atom stereocenters. The molecule has 16 heavy (non-hydrogen) atoms. The summed E-state index contributed by atoms with van der Waals surface area (Å²) in [5.74, 6) is 0.133. The highest BCUT2D eigenvalue weighted by Crippen LogP contribution is 2.23. The van der Waals surface area contributed by atoms with Crippen molar-refractivity contribution in [2.24, 2.45) is 0 Å². The lowest BCUT2D eigenvalue weighted by Gasteiger charge is -2.17. The second kappa shape index (κ2) is 4.20. The van der Waals surface area contributed by atoms with Crippen LogP contribution in [0.15, 0.2) is 17.1 Å². The first-order valence-electron chi connectivity index (χ1n) is 4.88. The molecule has 0 bridgehead atoms. The average molecular weight is 227 g/mol. The van der Waals surface area contributed by atoms with Crippen LogP contribution < -0.4 is 11.4 Å². The smallest absolute Gasteiger partial charge is 0.349 e. The van der Waals surface area contributed by atoms with E-state index in [4.69, 9.17) is 15.6 Å². The van der Waals surface area contributed by atoms with Crippen molar-refractivity contribution < 1.29 is 14.9 Å². The highest BCUT2D eigenvalue weighted by Gasteiger charge is 2.37. The number of anilines is 1. The maximum absolute atomic E-state index is 11.5. The van der Waals surface area contributed by atoms with Gasteiger partial charge in [-0.2, -0.15) is 4.98 Å². The number of aromatic nitrogens is 2. The van der Waals surface area contributed by atoms with Gasteiger partial charge in [0.25, 0.3) is 0 Å². The van der Waals surface area contributed by atoms with Crippen molar-refractivity contribution in [3.63, 3.8) is 0 Å². The molecular weight excluding hydrogens is 214 g/mol. The molecule has 0 radical (unpaired) electrons. The molecule has 1 aliphatic heterocycles. The summed E-state index contributed by atoms with van der Waals surface area (Å²) in [6.45, 7) is -0.118. The molecule has 1 saturated heterocycles. The van der Waals surface area contributed by atoms with Gasteiger partial charge in [-0.25, -0.2) is 4.79 Å². The van der Waals surface area contributed by atoms with Crippen molar-refractivity contribution >= 4 is 5.82 Å². The van der Waals surface area contributed by atoms with E-state index in [0.717, 1.165) is 0 Å². The predicted octanol–water partition coefficient (Wildman–Crippen LogP) is -1.88. The maximum Gasteiger partial charge on any atom is 0.349 e. The third-order valence-electron chi connectivity index (χ3n) is 2.64. The van der Waals surface area contributed by atoms with Crippen LogP contribution in [-0.4, -0.2) is 45.2 Å². The first-order valence-corrected chi connectivity index (χ1v) is 4.88. The van der Waals surface area contributed by atoms with Crippen molar-refractivity contribution in [2.45, 2.75) is 18.2 Å². The third kappa shape index (κ3) is 1.80. The van der Waals surface area contributed by atoms with Crippen molar-refractivity contribution in [1.29, 1.82) is 0 Å². The quantitative estimate of drug-likeness (QED) is 0.545. The fourth-order valence-electron chi connectivity index (χ4n) is 1.75. The molecule has 7 heteroatoms. The van der Waals surface area contributed by atoms with Crippen LogP contribution in [0.3, 0.4) is 0 Å². The minimum absolute atomic E-state index is 0.133. The molecule has 1 aliphatic rings. The van der Waals surface area contributed by atoms with Gasteiger partial charge in [0.1, 0.15) is 18.0 Å². The summed E-state index contributed by atoms with van der Waals surface area (Å²) in [5, 5.41) is 18.7. The Balaban J connectivity index is 2.29. The summed E-state index contributed by atoms with van der Waals surface area (Å²) >= 11 is 0. The van der Waals surface area contributed by atoms with E-state index in [-0.39, 0.29) is 19.0 Å². The molecule has 0 amide bonds. The molecule has 1 aromatic rings. The molecule has 0 aliphatic carbocycles. The first kappa shape index (κ1) is 11.1. The van der Waals surface area contributed by atoms with Crippen LogP contribution in [0.5, 0.6) is 0 Å². The number of nitrogens with two attached hydrogens (primary N) is 1. The average Bonchev–Trinajstić information content (AvgIpc) is 2.60. The normalized spacial score (nSPS) is 29.5. The Morgan fingerprint density at radius 1 is 1.69 bits per heavy atom. The second-order valence-electron chi connectivity index (χ2n) is 3.65. The summed E-state index contributed by atoms with van der Waals surface area (Å²) in [6, 6.07) is 0.943. The Hall–Kier alpha value is -1.44. The number of aliphatic hydroxyl groups is 2.